The Morgan fingerprint density at radius 2 is 2.09 bits per heavy atom. The van der Waals surface area contributed by atoms with Crippen molar-refractivity contribution in [3.63, 3.8) is 0 Å². The third kappa shape index (κ3) is 2.86. The van der Waals surface area contributed by atoms with Crippen LogP contribution in [-0.2, 0) is 0 Å². The quantitative estimate of drug-likeness (QED) is 0.913. The van der Waals surface area contributed by atoms with Crippen LogP contribution in [0, 0.1) is 13.8 Å². The van der Waals surface area contributed by atoms with Crippen molar-refractivity contribution in [1.82, 2.24) is 10.3 Å². The molecule has 1 aliphatic heterocycles. The molecule has 5 heteroatoms. The van der Waals surface area contributed by atoms with Crippen molar-refractivity contribution in [1.29, 1.82) is 0 Å². The molecule has 1 aromatic carbocycles. The van der Waals surface area contributed by atoms with Gasteiger partial charge in [-0.2, -0.15) is 0 Å². The number of pyridine rings is 1. The van der Waals surface area contributed by atoms with E-state index in [0.29, 0.717) is 12.2 Å². The number of aromatic nitrogens is 1. The molecule has 0 aliphatic carbocycles. The predicted molar refractivity (Wildman–Crippen MR) is 88.1 cm³/mol. The molecule has 2 heterocycles. The lowest BCUT2D eigenvalue weighted by Crippen LogP contribution is -2.40. The number of ether oxygens (including phenoxy) is 1. The number of H-pyrrole nitrogens is 1. The van der Waals surface area contributed by atoms with Crippen LogP contribution in [-0.4, -0.2) is 23.5 Å². The van der Waals surface area contributed by atoms with E-state index >= 15 is 0 Å². The summed E-state index contributed by atoms with van der Waals surface area (Å²) < 4.78 is 5.66. The Labute approximate surface area is 134 Å². The van der Waals surface area contributed by atoms with Crippen molar-refractivity contribution in [3.05, 3.63) is 63.1 Å². The Balaban J connectivity index is 1.80. The zero-order valence-corrected chi connectivity index (χ0v) is 13.5. The number of aryl methyl sites for hydroxylation is 2. The molecule has 3 rings (SSSR count). The Hall–Kier alpha value is -2.56. The van der Waals surface area contributed by atoms with Crippen molar-refractivity contribution >= 4 is 5.91 Å². The van der Waals surface area contributed by atoms with Gasteiger partial charge in [0.15, 0.2) is 0 Å². The van der Waals surface area contributed by atoms with Crippen LogP contribution in [0.25, 0.3) is 0 Å². The van der Waals surface area contributed by atoms with Crippen molar-refractivity contribution in [3.8, 4) is 5.75 Å². The number of benzene rings is 1. The molecule has 1 aliphatic rings. The lowest BCUT2D eigenvalue weighted by Gasteiger charge is -2.20. The summed E-state index contributed by atoms with van der Waals surface area (Å²) in [5.74, 6) is 0.601. The molecule has 0 bridgehead atoms. The lowest BCUT2D eigenvalue weighted by molar-refractivity contribution is 0.0930. The maximum absolute atomic E-state index is 12.5. The molecule has 120 valence electrons. The fourth-order valence-corrected chi connectivity index (χ4v) is 3.12. The van der Waals surface area contributed by atoms with E-state index in [1.807, 2.05) is 31.2 Å². The molecule has 23 heavy (non-hydrogen) atoms. The Morgan fingerprint density at radius 1 is 1.35 bits per heavy atom. The third-order valence-corrected chi connectivity index (χ3v) is 4.29. The molecule has 2 aromatic rings. The number of hydrogen-bond donors (Lipinski definition) is 2. The molecule has 2 atom stereocenters. The smallest absolute Gasteiger partial charge is 0.261 e. The number of rotatable bonds is 3. The van der Waals surface area contributed by atoms with Crippen LogP contribution in [0.4, 0.5) is 0 Å². The van der Waals surface area contributed by atoms with Gasteiger partial charge < -0.3 is 15.0 Å². The van der Waals surface area contributed by atoms with Gasteiger partial charge in [-0.15, -0.1) is 0 Å². The highest BCUT2D eigenvalue weighted by Gasteiger charge is 2.30. The summed E-state index contributed by atoms with van der Waals surface area (Å²) in [4.78, 5) is 27.2. The molecule has 0 unspecified atom stereocenters. The monoisotopic (exact) mass is 312 g/mol. The minimum atomic E-state index is -0.352. The van der Waals surface area contributed by atoms with E-state index in [1.165, 1.54) is 0 Å². The van der Waals surface area contributed by atoms with Gasteiger partial charge in [0.25, 0.3) is 11.5 Å². The first-order chi connectivity index (χ1) is 11.0. The SMILES string of the molecule is Cc1cc(C)c(C(=O)N[C@@H](C)[C@H]2COc3ccccc32)c(=O)[nH]1. The van der Waals surface area contributed by atoms with E-state index in [0.717, 1.165) is 17.0 Å². The zero-order valence-electron chi connectivity index (χ0n) is 13.5. The van der Waals surface area contributed by atoms with Crippen LogP contribution in [0.5, 0.6) is 5.75 Å². The van der Waals surface area contributed by atoms with Gasteiger partial charge in [0.05, 0.1) is 6.61 Å². The van der Waals surface area contributed by atoms with E-state index in [-0.39, 0.29) is 29.0 Å². The van der Waals surface area contributed by atoms with E-state index in [2.05, 4.69) is 10.3 Å². The van der Waals surface area contributed by atoms with E-state index < -0.39 is 0 Å². The number of fused-ring (bicyclic) bond motifs is 1. The van der Waals surface area contributed by atoms with Crippen LogP contribution in [0.1, 0.15) is 40.0 Å². The maximum Gasteiger partial charge on any atom is 0.261 e. The van der Waals surface area contributed by atoms with Crippen LogP contribution in [0.2, 0.25) is 0 Å². The number of aromatic amines is 1. The van der Waals surface area contributed by atoms with Gasteiger partial charge >= 0.3 is 0 Å². The van der Waals surface area contributed by atoms with Crippen molar-refractivity contribution < 1.29 is 9.53 Å². The molecule has 0 saturated carbocycles. The second kappa shape index (κ2) is 5.91. The number of carbonyl (C=O) groups is 1. The Bertz CT molecular complexity index is 810. The van der Waals surface area contributed by atoms with Crippen LogP contribution in [0.15, 0.2) is 35.1 Å². The Kier molecular flexibility index (Phi) is 3.94. The fourth-order valence-electron chi connectivity index (χ4n) is 3.12. The second-order valence-electron chi connectivity index (χ2n) is 6.06. The number of nitrogens with one attached hydrogen (secondary N) is 2. The van der Waals surface area contributed by atoms with Crippen LogP contribution >= 0.6 is 0 Å². The molecule has 1 amide bonds. The zero-order chi connectivity index (χ0) is 16.6. The number of hydrogen-bond acceptors (Lipinski definition) is 3. The summed E-state index contributed by atoms with van der Waals surface area (Å²) in [6.07, 6.45) is 0. The number of para-hydroxylation sites is 1. The summed E-state index contributed by atoms with van der Waals surface area (Å²) in [7, 11) is 0. The number of amides is 1. The largest absolute Gasteiger partial charge is 0.493 e. The molecular formula is C18H20N2O3. The average Bonchev–Trinajstić information content (AvgIpc) is 2.89. The van der Waals surface area contributed by atoms with E-state index in [4.69, 9.17) is 4.74 Å². The molecule has 0 spiro atoms. The maximum atomic E-state index is 12.5. The van der Waals surface area contributed by atoms with E-state index in [1.54, 1.807) is 19.9 Å². The first kappa shape index (κ1) is 15.3. The van der Waals surface area contributed by atoms with Gasteiger partial charge in [-0.3, -0.25) is 9.59 Å². The molecule has 5 nitrogen and oxygen atoms in total. The minimum Gasteiger partial charge on any atom is -0.493 e. The molecule has 0 fully saturated rings. The second-order valence-corrected chi connectivity index (χ2v) is 6.06. The van der Waals surface area contributed by atoms with Crippen molar-refractivity contribution in [2.24, 2.45) is 0 Å². The minimum absolute atomic E-state index is 0.0833. The van der Waals surface area contributed by atoms with Crippen LogP contribution < -0.4 is 15.6 Å². The first-order valence-corrected chi connectivity index (χ1v) is 7.70. The van der Waals surface area contributed by atoms with Gasteiger partial charge in [0.1, 0.15) is 11.3 Å². The number of carbonyl (C=O) groups excluding carboxylic acids is 1. The standard InChI is InChI=1S/C18H20N2O3/c1-10-8-11(2)19-17(21)16(10)18(22)20-12(3)14-9-23-15-7-5-4-6-13(14)15/h4-8,12,14H,9H2,1-3H3,(H,19,21)(H,20,22)/t12-,14+/m0/s1. The summed E-state index contributed by atoms with van der Waals surface area (Å²) in [5.41, 5.74) is 2.34. The predicted octanol–water partition coefficient (Wildman–Crippen LogP) is 2.29. The van der Waals surface area contributed by atoms with Gasteiger partial charge in [-0.05, 0) is 38.5 Å². The van der Waals surface area contributed by atoms with E-state index in [9.17, 15) is 9.59 Å². The van der Waals surface area contributed by atoms with Crippen LogP contribution in [0.3, 0.4) is 0 Å². The highest BCUT2D eigenvalue weighted by molar-refractivity contribution is 5.95. The molecule has 1 aromatic heterocycles. The summed E-state index contributed by atoms with van der Waals surface area (Å²) >= 11 is 0. The van der Waals surface area contributed by atoms with Gasteiger partial charge in [-0.25, -0.2) is 0 Å². The van der Waals surface area contributed by atoms with Gasteiger partial charge in [0.2, 0.25) is 0 Å². The van der Waals surface area contributed by atoms with Gasteiger partial charge in [0, 0.05) is 23.2 Å². The summed E-state index contributed by atoms with van der Waals surface area (Å²) in [6.45, 7) is 6.04. The topological polar surface area (TPSA) is 71.2 Å². The van der Waals surface area contributed by atoms with Gasteiger partial charge in [-0.1, -0.05) is 18.2 Å². The summed E-state index contributed by atoms with van der Waals surface area (Å²) in [5, 5.41) is 2.94. The molecule has 0 saturated heterocycles. The highest BCUT2D eigenvalue weighted by Crippen LogP contribution is 2.35. The Morgan fingerprint density at radius 3 is 2.83 bits per heavy atom. The third-order valence-electron chi connectivity index (χ3n) is 4.29. The first-order valence-electron chi connectivity index (χ1n) is 7.70. The molecular weight excluding hydrogens is 292 g/mol. The summed E-state index contributed by atoms with van der Waals surface area (Å²) in [6, 6.07) is 9.50. The normalized spacial score (nSPS) is 17.3. The molecule has 2 N–H and O–H groups in total. The van der Waals surface area contributed by atoms with Crippen molar-refractivity contribution in [2.75, 3.05) is 6.61 Å². The fraction of sp³-hybridized carbons (Fsp3) is 0.333. The lowest BCUT2D eigenvalue weighted by atomic mass is 9.94. The van der Waals surface area contributed by atoms with Crippen molar-refractivity contribution in [2.45, 2.75) is 32.7 Å². The highest BCUT2D eigenvalue weighted by atomic mass is 16.5. The average molecular weight is 312 g/mol. The molecule has 0 radical (unpaired) electrons.